The van der Waals surface area contributed by atoms with Crippen LogP contribution < -0.4 is 4.74 Å². The molecule has 1 fully saturated rings. The molecule has 3 aromatic carbocycles. The standard InChI is InChI=1S/C24H22O3/c1-26-20-14-12-17(13-15-20)21-16-22(25)27-24(19-10-6-3-7-11-19)23(21)18-8-4-2-5-9-18/h2-15,21,23-24H,16H2,1H3/t21-,23-,24-/m0/s1. The Kier molecular flexibility index (Phi) is 4.93. The van der Waals surface area contributed by atoms with E-state index in [1.165, 1.54) is 5.56 Å². The Balaban J connectivity index is 1.80. The fourth-order valence-electron chi connectivity index (χ4n) is 3.96. The van der Waals surface area contributed by atoms with Gasteiger partial charge in [0.2, 0.25) is 0 Å². The Morgan fingerprint density at radius 3 is 1.96 bits per heavy atom. The van der Waals surface area contributed by atoms with Crippen LogP contribution in [-0.4, -0.2) is 13.1 Å². The summed E-state index contributed by atoms with van der Waals surface area (Å²) in [5, 5.41) is 0. The quantitative estimate of drug-likeness (QED) is 0.598. The number of esters is 1. The zero-order chi connectivity index (χ0) is 18.6. The SMILES string of the molecule is COc1ccc([C@@H]2CC(=O)O[C@@H](c3ccccc3)[C@H]2c2ccccc2)cc1. The van der Waals surface area contributed by atoms with Gasteiger partial charge in [-0.1, -0.05) is 72.8 Å². The summed E-state index contributed by atoms with van der Waals surface area (Å²) >= 11 is 0. The molecule has 3 aromatic rings. The van der Waals surface area contributed by atoms with Crippen LogP contribution in [0.1, 0.15) is 41.1 Å². The minimum absolute atomic E-state index is 0.0461. The Morgan fingerprint density at radius 2 is 1.37 bits per heavy atom. The molecule has 136 valence electrons. The Bertz CT molecular complexity index is 888. The molecule has 0 amide bonds. The van der Waals surface area contributed by atoms with E-state index in [9.17, 15) is 4.79 Å². The minimum atomic E-state index is -0.304. The molecule has 0 N–H and O–H groups in total. The molecule has 1 aliphatic rings. The maximum absolute atomic E-state index is 12.5. The summed E-state index contributed by atoms with van der Waals surface area (Å²) in [4.78, 5) is 12.5. The summed E-state index contributed by atoms with van der Waals surface area (Å²) in [5.41, 5.74) is 3.33. The third-order valence-corrected chi connectivity index (χ3v) is 5.26. The van der Waals surface area contributed by atoms with Crippen LogP contribution >= 0.6 is 0 Å². The molecule has 1 saturated heterocycles. The van der Waals surface area contributed by atoms with Gasteiger partial charge in [0.25, 0.3) is 0 Å². The lowest BCUT2D eigenvalue weighted by Crippen LogP contribution is -2.31. The monoisotopic (exact) mass is 358 g/mol. The van der Waals surface area contributed by atoms with Crippen LogP contribution in [0.2, 0.25) is 0 Å². The van der Waals surface area contributed by atoms with Crippen molar-refractivity contribution >= 4 is 5.97 Å². The highest BCUT2D eigenvalue weighted by Crippen LogP contribution is 2.49. The Hall–Kier alpha value is -3.07. The van der Waals surface area contributed by atoms with Crippen LogP contribution in [0.5, 0.6) is 5.75 Å². The lowest BCUT2D eigenvalue weighted by molar-refractivity contribution is -0.157. The van der Waals surface area contributed by atoms with E-state index in [4.69, 9.17) is 9.47 Å². The normalized spacial score (nSPS) is 22.1. The fraction of sp³-hybridized carbons (Fsp3) is 0.208. The zero-order valence-corrected chi connectivity index (χ0v) is 15.2. The van der Waals surface area contributed by atoms with Crippen LogP contribution in [0.3, 0.4) is 0 Å². The van der Waals surface area contributed by atoms with Gasteiger partial charge in [-0.3, -0.25) is 4.79 Å². The van der Waals surface area contributed by atoms with Crippen molar-refractivity contribution in [2.24, 2.45) is 0 Å². The van der Waals surface area contributed by atoms with E-state index >= 15 is 0 Å². The van der Waals surface area contributed by atoms with Crippen molar-refractivity contribution in [1.29, 1.82) is 0 Å². The van der Waals surface area contributed by atoms with Gasteiger partial charge in [0.1, 0.15) is 11.9 Å². The van der Waals surface area contributed by atoms with Gasteiger partial charge in [-0.2, -0.15) is 0 Å². The molecule has 0 unspecified atom stereocenters. The van der Waals surface area contributed by atoms with E-state index in [0.29, 0.717) is 6.42 Å². The van der Waals surface area contributed by atoms with E-state index in [-0.39, 0.29) is 23.9 Å². The molecule has 3 heteroatoms. The van der Waals surface area contributed by atoms with E-state index in [0.717, 1.165) is 16.9 Å². The second-order valence-electron chi connectivity index (χ2n) is 6.84. The molecule has 3 atom stereocenters. The van der Waals surface area contributed by atoms with Crippen LogP contribution in [0.25, 0.3) is 0 Å². The average Bonchev–Trinajstić information content (AvgIpc) is 2.74. The van der Waals surface area contributed by atoms with Gasteiger partial charge in [-0.05, 0) is 28.8 Å². The largest absolute Gasteiger partial charge is 0.497 e. The van der Waals surface area contributed by atoms with Crippen molar-refractivity contribution in [1.82, 2.24) is 0 Å². The number of benzene rings is 3. The van der Waals surface area contributed by atoms with Crippen LogP contribution in [0.4, 0.5) is 0 Å². The molecular formula is C24H22O3. The molecule has 1 aliphatic heterocycles. The van der Waals surface area contributed by atoms with Gasteiger partial charge < -0.3 is 9.47 Å². The van der Waals surface area contributed by atoms with Gasteiger partial charge in [0, 0.05) is 11.8 Å². The molecule has 1 heterocycles. The summed E-state index contributed by atoms with van der Waals surface area (Å²) in [6.07, 6.45) is 0.0665. The van der Waals surface area contributed by atoms with Crippen LogP contribution in [0, 0.1) is 0 Å². The molecule has 0 radical (unpaired) electrons. The van der Waals surface area contributed by atoms with Crippen molar-refractivity contribution in [2.45, 2.75) is 24.4 Å². The van der Waals surface area contributed by atoms with Gasteiger partial charge in [0.05, 0.1) is 13.5 Å². The smallest absolute Gasteiger partial charge is 0.307 e. The molecular weight excluding hydrogens is 336 g/mol. The number of hydrogen-bond acceptors (Lipinski definition) is 3. The summed E-state index contributed by atoms with van der Waals surface area (Å²) < 4.78 is 11.2. The van der Waals surface area contributed by atoms with Crippen molar-refractivity contribution in [2.75, 3.05) is 7.11 Å². The highest BCUT2D eigenvalue weighted by molar-refractivity contribution is 5.73. The number of carbonyl (C=O) groups excluding carboxylic acids is 1. The molecule has 0 aromatic heterocycles. The lowest BCUT2D eigenvalue weighted by Gasteiger charge is -2.38. The first-order valence-electron chi connectivity index (χ1n) is 9.19. The van der Waals surface area contributed by atoms with Crippen molar-refractivity contribution in [3.05, 3.63) is 102 Å². The highest BCUT2D eigenvalue weighted by atomic mass is 16.5. The second kappa shape index (κ2) is 7.67. The van der Waals surface area contributed by atoms with Crippen LogP contribution in [-0.2, 0) is 9.53 Å². The maximum atomic E-state index is 12.5. The first-order chi connectivity index (χ1) is 13.3. The number of ether oxygens (including phenoxy) is 2. The topological polar surface area (TPSA) is 35.5 Å². The van der Waals surface area contributed by atoms with E-state index < -0.39 is 0 Å². The summed E-state index contributed by atoms with van der Waals surface area (Å²) in [6.45, 7) is 0. The summed E-state index contributed by atoms with van der Waals surface area (Å²) in [6, 6.07) is 28.4. The van der Waals surface area contributed by atoms with E-state index in [1.54, 1.807) is 7.11 Å². The summed E-state index contributed by atoms with van der Waals surface area (Å²) in [7, 11) is 1.66. The molecule has 4 rings (SSSR count). The van der Waals surface area contributed by atoms with Crippen molar-refractivity contribution in [3.63, 3.8) is 0 Å². The zero-order valence-electron chi connectivity index (χ0n) is 15.2. The molecule has 0 aliphatic carbocycles. The molecule has 0 saturated carbocycles. The third-order valence-electron chi connectivity index (χ3n) is 5.26. The minimum Gasteiger partial charge on any atom is -0.497 e. The summed E-state index contributed by atoms with van der Waals surface area (Å²) in [5.74, 6) is 0.759. The van der Waals surface area contributed by atoms with E-state index in [1.807, 2.05) is 60.7 Å². The predicted octanol–water partition coefficient (Wildman–Crippen LogP) is 5.25. The Morgan fingerprint density at radius 1 is 0.778 bits per heavy atom. The number of rotatable bonds is 4. The predicted molar refractivity (Wildman–Crippen MR) is 105 cm³/mol. The number of carbonyl (C=O) groups is 1. The van der Waals surface area contributed by atoms with Crippen molar-refractivity contribution < 1.29 is 14.3 Å². The van der Waals surface area contributed by atoms with Crippen LogP contribution in [0.15, 0.2) is 84.9 Å². The molecule has 27 heavy (non-hydrogen) atoms. The third kappa shape index (κ3) is 3.59. The number of cyclic esters (lactones) is 1. The van der Waals surface area contributed by atoms with Crippen molar-refractivity contribution in [3.8, 4) is 5.75 Å². The number of methoxy groups -OCH3 is 1. The first-order valence-corrected chi connectivity index (χ1v) is 9.19. The number of hydrogen-bond donors (Lipinski definition) is 0. The maximum Gasteiger partial charge on any atom is 0.307 e. The highest BCUT2D eigenvalue weighted by Gasteiger charge is 2.41. The fourth-order valence-corrected chi connectivity index (χ4v) is 3.96. The van der Waals surface area contributed by atoms with E-state index in [2.05, 4.69) is 24.3 Å². The Labute approximate surface area is 159 Å². The second-order valence-corrected chi connectivity index (χ2v) is 6.84. The molecule has 3 nitrogen and oxygen atoms in total. The van der Waals surface area contributed by atoms with Gasteiger partial charge >= 0.3 is 5.97 Å². The lowest BCUT2D eigenvalue weighted by atomic mass is 9.73. The van der Waals surface area contributed by atoms with Gasteiger partial charge in [0.15, 0.2) is 0 Å². The van der Waals surface area contributed by atoms with Gasteiger partial charge in [-0.15, -0.1) is 0 Å². The molecule has 0 spiro atoms. The first kappa shape index (κ1) is 17.3. The molecule has 0 bridgehead atoms. The average molecular weight is 358 g/mol. The van der Waals surface area contributed by atoms with Gasteiger partial charge in [-0.25, -0.2) is 0 Å².